The van der Waals surface area contributed by atoms with Gasteiger partial charge in [-0.1, -0.05) is 18.2 Å². The largest absolute Gasteiger partial charge is 0.495 e. The Labute approximate surface area is 118 Å². The zero-order valence-electron chi connectivity index (χ0n) is 11.9. The fraction of sp³-hybridized carbons (Fsp3) is 0.250. The van der Waals surface area contributed by atoms with Crippen molar-refractivity contribution in [1.82, 2.24) is 0 Å². The summed E-state index contributed by atoms with van der Waals surface area (Å²) in [6.07, 6.45) is 0. The Morgan fingerprint density at radius 2 is 2.00 bits per heavy atom. The lowest BCUT2D eigenvalue weighted by molar-refractivity contribution is 0.417. The first-order valence-corrected chi connectivity index (χ1v) is 6.48. The normalized spacial score (nSPS) is 12.0. The number of ether oxygens (including phenoxy) is 1. The molecule has 2 rings (SSSR count). The minimum atomic E-state index is -0.199. The number of anilines is 2. The number of benzene rings is 2. The molecule has 0 heterocycles. The first kappa shape index (κ1) is 14.2. The zero-order chi connectivity index (χ0) is 14.7. The molecule has 0 fully saturated rings. The molecule has 2 aromatic carbocycles. The molecule has 0 saturated carbocycles. The summed E-state index contributed by atoms with van der Waals surface area (Å²) in [6, 6.07) is 10.7. The van der Waals surface area contributed by atoms with Crippen molar-refractivity contribution >= 4 is 11.4 Å². The summed E-state index contributed by atoms with van der Waals surface area (Å²) >= 11 is 0. The lowest BCUT2D eigenvalue weighted by Crippen LogP contribution is -2.09. The average molecular weight is 274 g/mol. The van der Waals surface area contributed by atoms with Gasteiger partial charge in [0.15, 0.2) is 0 Å². The molecule has 0 aliphatic heterocycles. The third-order valence-electron chi connectivity index (χ3n) is 3.35. The molecule has 0 spiro atoms. The van der Waals surface area contributed by atoms with E-state index in [0.717, 1.165) is 11.3 Å². The van der Waals surface area contributed by atoms with Crippen LogP contribution in [0.1, 0.15) is 24.1 Å². The number of rotatable bonds is 4. The van der Waals surface area contributed by atoms with Crippen molar-refractivity contribution in [1.29, 1.82) is 0 Å². The predicted molar refractivity (Wildman–Crippen MR) is 80.6 cm³/mol. The number of hydrogen-bond acceptors (Lipinski definition) is 3. The lowest BCUT2D eigenvalue weighted by atomic mass is 10.1. The molecule has 2 aromatic rings. The van der Waals surface area contributed by atoms with Crippen LogP contribution < -0.4 is 15.8 Å². The summed E-state index contributed by atoms with van der Waals surface area (Å²) in [5.74, 6) is 0.423. The van der Waals surface area contributed by atoms with Crippen molar-refractivity contribution < 1.29 is 9.13 Å². The van der Waals surface area contributed by atoms with Crippen LogP contribution >= 0.6 is 0 Å². The van der Waals surface area contributed by atoms with Crippen LogP contribution in [0.5, 0.6) is 5.75 Å². The first-order chi connectivity index (χ1) is 9.52. The number of para-hydroxylation sites is 1. The lowest BCUT2D eigenvalue weighted by Gasteiger charge is -2.18. The second-order valence-electron chi connectivity index (χ2n) is 4.80. The Morgan fingerprint density at radius 3 is 2.65 bits per heavy atom. The molecule has 0 radical (unpaired) electrons. The van der Waals surface area contributed by atoms with Crippen molar-refractivity contribution in [2.75, 3.05) is 18.2 Å². The van der Waals surface area contributed by atoms with Crippen LogP contribution in [0, 0.1) is 12.7 Å². The summed E-state index contributed by atoms with van der Waals surface area (Å²) in [5.41, 5.74) is 8.85. The number of nitrogens with two attached hydrogens (primary N) is 1. The SMILES string of the molecule is COc1cccc(NC(C)c2ccc(C)c(F)c2)c1N. The quantitative estimate of drug-likeness (QED) is 0.831. The van der Waals surface area contributed by atoms with E-state index in [4.69, 9.17) is 10.5 Å². The Hall–Kier alpha value is -2.23. The van der Waals surface area contributed by atoms with Gasteiger partial charge in [0.1, 0.15) is 11.6 Å². The van der Waals surface area contributed by atoms with Gasteiger partial charge in [0.25, 0.3) is 0 Å². The molecule has 3 nitrogen and oxygen atoms in total. The maximum Gasteiger partial charge on any atom is 0.143 e. The van der Waals surface area contributed by atoms with Crippen LogP contribution in [0.4, 0.5) is 15.8 Å². The topological polar surface area (TPSA) is 47.3 Å². The zero-order valence-corrected chi connectivity index (χ0v) is 11.9. The van der Waals surface area contributed by atoms with Gasteiger partial charge in [0.05, 0.1) is 18.5 Å². The molecule has 0 bridgehead atoms. The molecule has 1 unspecified atom stereocenters. The first-order valence-electron chi connectivity index (χ1n) is 6.48. The maximum atomic E-state index is 13.6. The number of nitrogens with one attached hydrogen (secondary N) is 1. The highest BCUT2D eigenvalue weighted by atomic mass is 19.1. The Balaban J connectivity index is 2.23. The number of halogens is 1. The predicted octanol–water partition coefficient (Wildman–Crippen LogP) is 3.90. The van der Waals surface area contributed by atoms with Gasteiger partial charge in [0.2, 0.25) is 0 Å². The van der Waals surface area contributed by atoms with E-state index < -0.39 is 0 Å². The van der Waals surface area contributed by atoms with Crippen LogP contribution in [0.3, 0.4) is 0 Å². The van der Waals surface area contributed by atoms with Crippen molar-refractivity contribution in [2.45, 2.75) is 19.9 Å². The minimum Gasteiger partial charge on any atom is -0.495 e. The standard InChI is InChI=1S/C16H19FN2O/c1-10-7-8-12(9-13(10)17)11(2)19-14-5-4-6-15(20-3)16(14)18/h4-9,11,19H,18H2,1-3H3. The Kier molecular flexibility index (Phi) is 4.13. The van der Waals surface area contributed by atoms with Crippen LogP contribution in [-0.2, 0) is 0 Å². The molecule has 3 N–H and O–H groups in total. The molecule has 20 heavy (non-hydrogen) atoms. The number of hydrogen-bond donors (Lipinski definition) is 2. The summed E-state index contributed by atoms with van der Waals surface area (Å²) in [6.45, 7) is 3.71. The number of nitrogen functional groups attached to an aromatic ring is 1. The molecular formula is C16H19FN2O. The molecule has 0 amide bonds. The van der Waals surface area contributed by atoms with E-state index in [1.165, 1.54) is 0 Å². The molecule has 106 valence electrons. The Bertz CT molecular complexity index is 613. The van der Waals surface area contributed by atoms with Gasteiger partial charge in [-0.2, -0.15) is 0 Å². The second-order valence-corrected chi connectivity index (χ2v) is 4.80. The van der Waals surface area contributed by atoms with E-state index in [-0.39, 0.29) is 11.9 Å². The van der Waals surface area contributed by atoms with Crippen LogP contribution in [-0.4, -0.2) is 7.11 Å². The van der Waals surface area contributed by atoms with Crippen molar-refractivity contribution in [3.05, 3.63) is 53.3 Å². The van der Waals surface area contributed by atoms with Crippen molar-refractivity contribution in [2.24, 2.45) is 0 Å². The highest BCUT2D eigenvalue weighted by Gasteiger charge is 2.11. The van der Waals surface area contributed by atoms with E-state index in [1.807, 2.05) is 25.1 Å². The molecule has 0 aromatic heterocycles. The monoisotopic (exact) mass is 274 g/mol. The van der Waals surface area contributed by atoms with Gasteiger partial charge in [0, 0.05) is 6.04 Å². The average Bonchev–Trinajstić information content (AvgIpc) is 2.44. The minimum absolute atomic E-state index is 0.0560. The van der Waals surface area contributed by atoms with Gasteiger partial charge in [-0.25, -0.2) is 4.39 Å². The van der Waals surface area contributed by atoms with Gasteiger partial charge >= 0.3 is 0 Å². The summed E-state index contributed by atoms with van der Waals surface area (Å²) in [4.78, 5) is 0. The van der Waals surface area contributed by atoms with Crippen LogP contribution in [0.2, 0.25) is 0 Å². The summed E-state index contributed by atoms with van der Waals surface area (Å²) < 4.78 is 18.8. The third kappa shape index (κ3) is 2.85. The highest BCUT2D eigenvalue weighted by Crippen LogP contribution is 2.31. The van der Waals surface area contributed by atoms with E-state index >= 15 is 0 Å². The third-order valence-corrected chi connectivity index (χ3v) is 3.35. The smallest absolute Gasteiger partial charge is 0.143 e. The summed E-state index contributed by atoms with van der Waals surface area (Å²) in [5, 5.41) is 3.28. The van der Waals surface area contributed by atoms with Gasteiger partial charge in [-0.15, -0.1) is 0 Å². The Morgan fingerprint density at radius 1 is 1.25 bits per heavy atom. The van der Waals surface area contributed by atoms with E-state index in [1.54, 1.807) is 32.2 Å². The van der Waals surface area contributed by atoms with E-state index in [9.17, 15) is 4.39 Å². The fourth-order valence-electron chi connectivity index (χ4n) is 2.04. The molecule has 4 heteroatoms. The number of aryl methyl sites for hydroxylation is 1. The highest BCUT2D eigenvalue weighted by molar-refractivity contribution is 5.73. The van der Waals surface area contributed by atoms with Crippen molar-refractivity contribution in [3.8, 4) is 5.75 Å². The maximum absolute atomic E-state index is 13.6. The van der Waals surface area contributed by atoms with Gasteiger partial charge < -0.3 is 15.8 Å². The number of methoxy groups -OCH3 is 1. The summed E-state index contributed by atoms with van der Waals surface area (Å²) in [7, 11) is 1.58. The molecule has 0 aliphatic rings. The molecule has 0 aliphatic carbocycles. The van der Waals surface area contributed by atoms with Gasteiger partial charge in [-0.3, -0.25) is 0 Å². The van der Waals surface area contributed by atoms with Crippen LogP contribution in [0.15, 0.2) is 36.4 Å². The van der Waals surface area contributed by atoms with Crippen molar-refractivity contribution in [3.63, 3.8) is 0 Å². The molecule has 1 atom stereocenters. The molecule has 0 saturated heterocycles. The van der Waals surface area contributed by atoms with Gasteiger partial charge in [-0.05, 0) is 43.2 Å². The van der Waals surface area contributed by atoms with E-state index in [2.05, 4.69) is 5.32 Å². The molecular weight excluding hydrogens is 255 g/mol. The fourth-order valence-corrected chi connectivity index (χ4v) is 2.04. The van der Waals surface area contributed by atoms with Crippen LogP contribution in [0.25, 0.3) is 0 Å². The second kappa shape index (κ2) is 5.82. The van der Waals surface area contributed by atoms with E-state index in [0.29, 0.717) is 17.0 Å².